The van der Waals surface area contributed by atoms with Crippen molar-refractivity contribution in [2.45, 2.75) is 20.3 Å². The SMILES string of the molecule is CCN(CC)CCc1oc(=O)[nH]c1-c1ccc(F)cc1.O=C(O)/C=C\C(=O)O. The molecule has 152 valence electrons. The highest BCUT2D eigenvalue weighted by atomic mass is 19.1. The van der Waals surface area contributed by atoms with Crippen molar-refractivity contribution in [1.29, 1.82) is 0 Å². The van der Waals surface area contributed by atoms with Gasteiger partial charge in [0.2, 0.25) is 0 Å². The zero-order valence-electron chi connectivity index (χ0n) is 15.6. The normalized spacial score (nSPS) is 10.7. The summed E-state index contributed by atoms with van der Waals surface area (Å²) in [5.74, 6) is -2.67. The lowest BCUT2D eigenvalue weighted by Gasteiger charge is -2.16. The molecule has 0 fully saturated rings. The number of carboxylic acids is 2. The predicted octanol–water partition coefficient (Wildman–Crippen LogP) is 2.37. The summed E-state index contributed by atoms with van der Waals surface area (Å²) < 4.78 is 18.2. The van der Waals surface area contributed by atoms with Crippen LogP contribution in [0.4, 0.5) is 4.39 Å². The fourth-order valence-corrected chi connectivity index (χ4v) is 2.33. The average Bonchev–Trinajstić information content (AvgIpc) is 3.02. The van der Waals surface area contributed by atoms with Gasteiger partial charge in [-0.15, -0.1) is 0 Å². The molecular weight excluding hydrogens is 371 g/mol. The number of nitrogens with zero attached hydrogens (tertiary/aromatic N) is 1. The van der Waals surface area contributed by atoms with E-state index >= 15 is 0 Å². The molecular formula is C19H23FN2O6. The largest absolute Gasteiger partial charge is 0.478 e. The van der Waals surface area contributed by atoms with E-state index in [9.17, 15) is 18.8 Å². The number of oxazole rings is 1. The molecule has 8 nitrogen and oxygen atoms in total. The first-order valence-corrected chi connectivity index (χ1v) is 8.61. The van der Waals surface area contributed by atoms with Crippen molar-refractivity contribution in [1.82, 2.24) is 9.88 Å². The lowest BCUT2D eigenvalue weighted by molar-refractivity contribution is -0.134. The van der Waals surface area contributed by atoms with E-state index in [-0.39, 0.29) is 5.82 Å². The molecule has 0 radical (unpaired) electrons. The molecule has 0 unspecified atom stereocenters. The topological polar surface area (TPSA) is 124 Å². The molecule has 1 heterocycles. The second-order valence-corrected chi connectivity index (χ2v) is 5.61. The fourth-order valence-electron chi connectivity index (χ4n) is 2.33. The number of aromatic amines is 1. The number of benzene rings is 1. The first kappa shape index (κ1) is 22.8. The Bertz CT molecular complexity index is 834. The number of hydrogen-bond donors (Lipinski definition) is 3. The molecule has 0 saturated carbocycles. The second-order valence-electron chi connectivity index (χ2n) is 5.61. The van der Waals surface area contributed by atoms with Crippen molar-refractivity contribution in [2.24, 2.45) is 0 Å². The van der Waals surface area contributed by atoms with E-state index < -0.39 is 17.7 Å². The van der Waals surface area contributed by atoms with Crippen molar-refractivity contribution in [2.75, 3.05) is 19.6 Å². The van der Waals surface area contributed by atoms with Crippen LogP contribution in [0.5, 0.6) is 0 Å². The van der Waals surface area contributed by atoms with E-state index in [1.165, 1.54) is 12.1 Å². The Balaban J connectivity index is 0.000000416. The van der Waals surface area contributed by atoms with E-state index in [0.717, 1.165) is 25.2 Å². The third kappa shape index (κ3) is 8.00. The van der Waals surface area contributed by atoms with Gasteiger partial charge in [-0.25, -0.2) is 18.8 Å². The molecule has 9 heteroatoms. The number of likely N-dealkylation sites (N-methyl/N-ethyl adjacent to an activating group) is 1. The van der Waals surface area contributed by atoms with Crippen molar-refractivity contribution < 1.29 is 28.6 Å². The molecule has 0 atom stereocenters. The summed E-state index contributed by atoms with van der Waals surface area (Å²) in [5.41, 5.74) is 1.40. The van der Waals surface area contributed by atoms with Crippen LogP contribution in [-0.4, -0.2) is 51.7 Å². The van der Waals surface area contributed by atoms with Crippen LogP contribution < -0.4 is 5.76 Å². The van der Waals surface area contributed by atoms with Gasteiger partial charge in [0, 0.05) is 30.7 Å². The molecule has 0 aliphatic carbocycles. The van der Waals surface area contributed by atoms with Gasteiger partial charge in [0.25, 0.3) is 0 Å². The number of aromatic nitrogens is 1. The highest BCUT2D eigenvalue weighted by Crippen LogP contribution is 2.21. The number of carbonyl (C=O) groups is 2. The Morgan fingerprint density at radius 3 is 2.11 bits per heavy atom. The maximum absolute atomic E-state index is 13.0. The van der Waals surface area contributed by atoms with Crippen LogP contribution in [0.2, 0.25) is 0 Å². The number of halogens is 1. The monoisotopic (exact) mass is 394 g/mol. The summed E-state index contributed by atoms with van der Waals surface area (Å²) in [6.07, 6.45) is 1.76. The number of aliphatic carboxylic acids is 2. The van der Waals surface area contributed by atoms with Gasteiger partial charge in [-0.1, -0.05) is 13.8 Å². The van der Waals surface area contributed by atoms with Gasteiger partial charge >= 0.3 is 17.7 Å². The maximum Gasteiger partial charge on any atom is 0.416 e. The Morgan fingerprint density at radius 2 is 1.64 bits per heavy atom. The molecule has 0 amide bonds. The van der Waals surface area contributed by atoms with Gasteiger partial charge in [-0.05, 0) is 37.4 Å². The summed E-state index contributed by atoms with van der Waals surface area (Å²) in [7, 11) is 0. The van der Waals surface area contributed by atoms with Crippen molar-refractivity contribution >= 4 is 11.9 Å². The molecule has 0 aliphatic rings. The smallest absolute Gasteiger partial charge is 0.416 e. The number of nitrogens with one attached hydrogen (secondary N) is 1. The van der Waals surface area contributed by atoms with Crippen LogP contribution in [0.25, 0.3) is 11.3 Å². The minimum Gasteiger partial charge on any atom is -0.478 e. The van der Waals surface area contributed by atoms with Gasteiger partial charge in [-0.2, -0.15) is 0 Å². The lowest BCUT2D eigenvalue weighted by Crippen LogP contribution is -2.25. The lowest BCUT2D eigenvalue weighted by atomic mass is 10.1. The molecule has 3 N–H and O–H groups in total. The van der Waals surface area contributed by atoms with Crippen LogP contribution in [0.3, 0.4) is 0 Å². The highest BCUT2D eigenvalue weighted by molar-refractivity contribution is 5.89. The summed E-state index contributed by atoms with van der Waals surface area (Å²) in [5, 5.41) is 15.6. The van der Waals surface area contributed by atoms with Crippen molar-refractivity contribution in [3.63, 3.8) is 0 Å². The Labute approximate surface area is 160 Å². The van der Waals surface area contributed by atoms with Gasteiger partial charge in [-0.3, -0.25) is 4.98 Å². The maximum atomic E-state index is 13.0. The van der Waals surface area contributed by atoms with E-state index in [1.54, 1.807) is 12.1 Å². The predicted molar refractivity (Wildman–Crippen MR) is 101 cm³/mol. The Kier molecular flexibility index (Phi) is 9.38. The molecule has 28 heavy (non-hydrogen) atoms. The van der Waals surface area contributed by atoms with Crippen molar-refractivity contribution in [3.05, 3.63) is 58.5 Å². The van der Waals surface area contributed by atoms with Crippen LogP contribution in [0.1, 0.15) is 19.6 Å². The average molecular weight is 394 g/mol. The second kappa shape index (κ2) is 11.5. The Morgan fingerprint density at radius 1 is 1.11 bits per heavy atom. The van der Waals surface area contributed by atoms with Crippen LogP contribution >= 0.6 is 0 Å². The number of hydrogen-bond acceptors (Lipinski definition) is 5. The van der Waals surface area contributed by atoms with E-state index in [2.05, 4.69) is 23.7 Å². The fraction of sp³-hybridized carbons (Fsp3) is 0.316. The minimum absolute atomic E-state index is 0.302. The third-order valence-electron chi connectivity index (χ3n) is 3.77. The minimum atomic E-state index is -1.26. The molecule has 2 rings (SSSR count). The third-order valence-corrected chi connectivity index (χ3v) is 3.77. The van der Waals surface area contributed by atoms with E-state index in [1.807, 2.05) is 0 Å². The summed E-state index contributed by atoms with van der Waals surface area (Å²) >= 11 is 0. The standard InChI is InChI=1S/C15H19FN2O2.C4H4O4/c1-3-18(4-2)10-9-13-14(17-15(19)20-13)11-5-7-12(16)8-6-11;5-3(6)1-2-4(7)8/h5-8H,3-4,9-10H2,1-2H3,(H,17,19);1-2H,(H,5,6)(H,7,8)/b;2-1-. The van der Waals surface area contributed by atoms with Crippen LogP contribution in [-0.2, 0) is 16.0 Å². The number of carboxylic acid groups (broad SMARTS) is 2. The molecule has 0 bridgehead atoms. The zero-order valence-corrected chi connectivity index (χ0v) is 15.6. The van der Waals surface area contributed by atoms with Crippen molar-refractivity contribution in [3.8, 4) is 11.3 Å². The molecule has 2 aromatic rings. The van der Waals surface area contributed by atoms with Crippen LogP contribution in [0.15, 0.2) is 45.6 Å². The highest BCUT2D eigenvalue weighted by Gasteiger charge is 2.13. The molecule has 0 aliphatic heterocycles. The number of rotatable bonds is 8. The van der Waals surface area contributed by atoms with Crippen LogP contribution in [0, 0.1) is 5.82 Å². The number of H-pyrrole nitrogens is 1. The molecule has 0 spiro atoms. The van der Waals surface area contributed by atoms with Gasteiger partial charge < -0.3 is 19.5 Å². The molecule has 1 aromatic carbocycles. The molecule has 0 saturated heterocycles. The first-order chi connectivity index (χ1) is 13.3. The first-order valence-electron chi connectivity index (χ1n) is 8.61. The summed E-state index contributed by atoms with van der Waals surface area (Å²) in [6.45, 7) is 6.92. The zero-order chi connectivity index (χ0) is 21.1. The quantitative estimate of drug-likeness (QED) is 0.587. The van der Waals surface area contributed by atoms with Gasteiger partial charge in [0.1, 0.15) is 11.6 Å². The molecule has 1 aromatic heterocycles. The van der Waals surface area contributed by atoms with E-state index in [4.69, 9.17) is 14.6 Å². The Hall–Kier alpha value is -3.20. The van der Waals surface area contributed by atoms with E-state index in [0.29, 0.717) is 30.0 Å². The van der Waals surface area contributed by atoms with Gasteiger partial charge in [0.05, 0.1) is 5.69 Å². The summed E-state index contributed by atoms with van der Waals surface area (Å²) in [4.78, 5) is 35.5. The summed E-state index contributed by atoms with van der Waals surface area (Å²) in [6, 6.07) is 6.01. The van der Waals surface area contributed by atoms with Gasteiger partial charge in [0.15, 0.2) is 0 Å².